The van der Waals surface area contributed by atoms with Crippen molar-refractivity contribution in [3.63, 3.8) is 0 Å². The van der Waals surface area contributed by atoms with E-state index < -0.39 is 75.2 Å². The molecule has 0 aromatic heterocycles. The van der Waals surface area contributed by atoms with Crippen molar-refractivity contribution in [1.29, 1.82) is 0 Å². The van der Waals surface area contributed by atoms with Gasteiger partial charge in [0.05, 0.1) is 31.3 Å². The number of hydrogen-bond acceptors (Lipinski definition) is 11. The van der Waals surface area contributed by atoms with Crippen LogP contribution in [0.25, 0.3) is 0 Å². The van der Waals surface area contributed by atoms with Gasteiger partial charge >= 0.3 is 7.82 Å². The number of aliphatic hydroxyl groups is 7. The lowest BCUT2D eigenvalue weighted by Crippen LogP contribution is -2.64. The minimum atomic E-state index is -5.11. The molecule has 0 spiro atoms. The largest absolute Gasteiger partial charge is 0.472 e. The molecule has 1 rings (SSSR count). The van der Waals surface area contributed by atoms with Gasteiger partial charge in [-0.1, -0.05) is 194 Å². The van der Waals surface area contributed by atoms with Gasteiger partial charge in [-0.25, -0.2) is 4.57 Å². The van der Waals surface area contributed by atoms with Crippen LogP contribution in [0.15, 0.2) is 0 Å². The minimum Gasteiger partial charge on any atom is -0.393 e. The van der Waals surface area contributed by atoms with Crippen molar-refractivity contribution >= 4 is 13.7 Å². The second kappa shape index (κ2) is 34.8. The van der Waals surface area contributed by atoms with Crippen LogP contribution >= 0.6 is 7.82 Å². The highest BCUT2D eigenvalue weighted by Crippen LogP contribution is 2.47. The monoisotopic (exact) mass is 854 g/mol. The molecule has 0 radical (unpaired) electrons. The summed E-state index contributed by atoms with van der Waals surface area (Å²) in [4.78, 5) is 23.4. The second-order valence-electron chi connectivity index (χ2n) is 17.2. The minimum absolute atomic E-state index is 0.216. The number of phosphoric ester groups is 1. The number of aliphatic hydroxyl groups excluding tert-OH is 7. The van der Waals surface area contributed by atoms with E-state index in [0.29, 0.717) is 12.8 Å². The summed E-state index contributed by atoms with van der Waals surface area (Å²) in [6, 6.07) is -1.15. The van der Waals surface area contributed by atoms with Crippen molar-refractivity contribution in [1.82, 2.24) is 5.32 Å². The van der Waals surface area contributed by atoms with Gasteiger partial charge in [0, 0.05) is 0 Å². The maximum atomic E-state index is 13.0. The molecule has 14 heteroatoms. The molecule has 9 N–H and O–H groups in total. The third-order valence-electron chi connectivity index (χ3n) is 11.7. The number of nitrogens with one attached hydrogen (secondary N) is 1. The fraction of sp³-hybridized carbons (Fsp3) is 0.977. The number of carbonyl (C=O) groups excluding carboxylic acids is 1. The molecule has 1 aliphatic carbocycles. The molecule has 0 aromatic rings. The fourth-order valence-electron chi connectivity index (χ4n) is 7.83. The molecule has 1 fully saturated rings. The molecule has 58 heavy (non-hydrogen) atoms. The second-order valence-corrected chi connectivity index (χ2v) is 18.6. The van der Waals surface area contributed by atoms with E-state index in [1.807, 2.05) is 0 Å². The maximum absolute atomic E-state index is 13.0. The van der Waals surface area contributed by atoms with Gasteiger partial charge in [0.1, 0.15) is 36.6 Å². The lowest BCUT2D eigenvalue weighted by molar-refractivity contribution is -0.220. The zero-order valence-electron chi connectivity index (χ0n) is 36.5. The third-order valence-corrected chi connectivity index (χ3v) is 12.7. The Kier molecular flexibility index (Phi) is 33.2. The molecule has 0 aromatic carbocycles. The van der Waals surface area contributed by atoms with Gasteiger partial charge < -0.3 is 46.0 Å². The van der Waals surface area contributed by atoms with Crippen LogP contribution in [0, 0.1) is 0 Å². The van der Waals surface area contributed by atoms with E-state index in [4.69, 9.17) is 9.05 Å². The summed E-state index contributed by atoms with van der Waals surface area (Å²) in [5.41, 5.74) is 0. The number of hydrogen-bond donors (Lipinski definition) is 9. The van der Waals surface area contributed by atoms with Crippen molar-refractivity contribution in [3.8, 4) is 0 Å². The molecule has 13 nitrogen and oxygen atoms in total. The van der Waals surface area contributed by atoms with Crippen molar-refractivity contribution in [2.24, 2.45) is 0 Å². The molecule has 1 aliphatic rings. The van der Waals surface area contributed by atoms with Crippen LogP contribution in [0.5, 0.6) is 0 Å². The van der Waals surface area contributed by atoms with E-state index in [1.54, 1.807) is 0 Å². The summed E-state index contributed by atoms with van der Waals surface area (Å²) in [6.07, 6.45) is 20.0. The standard InChI is InChI=1S/C44H88NO12P/c1-3-5-7-9-11-13-15-17-19-21-23-25-27-29-31-35(46)33-38(48)45-36(34-56-58(54,55)57-44-42(52)40(50)39(49)41(51)43(44)53)37(47)32-30-28-26-24-22-20-18-16-14-12-10-8-6-4-2/h35-37,39-44,46-47,49-53H,3-34H2,1-2H3,(H,45,48)(H,54,55). The quantitative estimate of drug-likeness (QED) is 0.0215. The van der Waals surface area contributed by atoms with Gasteiger partial charge in [-0.2, -0.15) is 0 Å². The maximum Gasteiger partial charge on any atom is 0.472 e. The Hall–Kier alpha value is -0.700. The van der Waals surface area contributed by atoms with Crippen LogP contribution in [-0.4, -0.2) is 108 Å². The van der Waals surface area contributed by atoms with Crippen LogP contribution in [0.2, 0.25) is 0 Å². The van der Waals surface area contributed by atoms with E-state index in [2.05, 4.69) is 19.2 Å². The average Bonchev–Trinajstić information content (AvgIpc) is 3.19. The Bertz CT molecular complexity index is 1010. The Morgan fingerprint density at radius 2 is 0.862 bits per heavy atom. The molecule has 0 heterocycles. The molecule has 0 bridgehead atoms. The van der Waals surface area contributed by atoms with Crippen molar-refractivity contribution in [3.05, 3.63) is 0 Å². The average molecular weight is 854 g/mol. The fourth-order valence-corrected chi connectivity index (χ4v) is 8.80. The Morgan fingerprint density at radius 1 is 0.534 bits per heavy atom. The smallest absolute Gasteiger partial charge is 0.393 e. The lowest BCUT2D eigenvalue weighted by atomic mass is 9.85. The van der Waals surface area contributed by atoms with Gasteiger partial charge in [0.2, 0.25) is 5.91 Å². The SMILES string of the molecule is CCCCCCCCCCCCCCCCC(O)CC(=O)NC(COP(=O)(O)OC1C(O)C(O)C(O)C(O)C1O)C(O)CCCCCCCCCCCCCCCC. The van der Waals surface area contributed by atoms with Gasteiger partial charge in [0.15, 0.2) is 0 Å². The topological polar surface area (TPSA) is 226 Å². The number of carbonyl (C=O) groups is 1. The van der Waals surface area contributed by atoms with Gasteiger partial charge in [-0.05, 0) is 12.8 Å². The third kappa shape index (κ3) is 26.6. The van der Waals surface area contributed by atoms with Crippen LogP contribution in [0.3, 0.4) is 0 Å². The lowest BCUT2D eigenvalue weighted by Gasteiger charge is -2.41. The van der Waals surface area contributed by atoms with Crippen molar-refractivity contribution in [2.75, 3.05) is 6.61 Å². The Balaban J connectivity index is 2.52. The van der Waals surface area contributed by atoms with Gasteiger partial charge in [-0.15, -0.1) is 0 Å². The highest BCUT2D eigenvalue weighted by atomic mass is 31.2. The molecule has 346 valence electrons. The van der Waals surface area contributed by atoms with Gasteiger partial charge in [-0.3, -0.25) is 13.8 Å². The Labute approximate surface area is 351 Å². The van der Waals surface area contributed by atoms with Crippen molar-refractivity contribution < 1.29 is 59.0 Å². The predicted octanol–water partition coefficient (Wildman–Crippen LogP) is 7.65. The molecule has 0 saturated heterocycles. The zero-order valence-corrected chi connectivity index (χ0v) is 37.4. The van der Waals surface area contributed by atoms with Crippen LogP contribution in [-0.2, 0) is 18.4 Å². The Morgan fingerprint density at radius 3 is 1.24 bits per heavy atom. The summed E-state index contributed by atoms with van der Waals surface area (Å²) in [7, 11) is -5.11. The molecule has 1 saturated carbocycles. The first-order valence-electron chi connectivity index (χ1n) is 23.6. The van der Waals surface area contributed by atoms with E-state index in [9.17, 15) is 50.0 Å². The first-order valence-corrected chi connectivity index (χ1v) is 25.1. The van der Waals surface area contributed by atoms with Crippen LogP contribution < -0.4 is 5.32 Å². The van der Waals surface area contributed by atoms with E-state index in [-0.39, 0.29) is 12.8 Å². The highest BCUT2D eigenvalue weighted by Gasteiger charge is 2.51. The number of rotatable bonds is 39. The van der Waals surface area contributed by atoms with Crippen molar-refractivity contribution in [2.45, 2.75) is 268 Å². The molecule has 0 aliphatic heterocycles. The number of amides is 1. The number of unbranched alkanes of at least 4 members (excludes halogenated alkanes) is 26. The van der Waals surface area contributed by atoms with E-state index in [1.165, 1.54) is 122 Å². The zero-order chi connectivity index (χ0) is 43.0. The number of phosphoric acid groups is 1. The molecular formula is C44H88NO12P. The molecule has 8 unspecified atom stereocenters. The predicted molar refractivity (Wildman–Crippen MR) is 229 cm³/mol. The van der Waals surface area contributed by atoms with Gasteiger partial charge in [0.25, 0.3) is 0 Å². The van der Waals surface area contributed by atoms with E-state index in [0.717, 1.165) is 51.4 Å². The first-order chi connectivity index (χ1) is 27.8. The summed E-state index contributed by atoms with van der Waals surface area (Å²) in [5, 5.41) is 74.6. The summed E-state index contributed by atoms with van der Waals surface area (Å²) >= 11 is 0. The summed E-state index contributed by atoms with van der Waals surface area (Å²) in [6.45, 7) is 3.79. The van der Waals surface area contributed by atoms with E-state index >= 15 is 0 Å². The molecule has 8 atom stereocenters. The normalized spacial score (nSPS) is 23.7. The van der Waals surface area contributed by atoms with Crippen LogP contribution in [0.4, 0.5) is 0 Å². The summed E-state index contributed by atoms with van der Waals surface area (Å²) < 4.78 is 22.9. The summed E-state index contributed by atoms with van der Waals surface area (Å²) in [5.74, 6) is -0.557. The molecular weight excluding hydrogens is 765 g/mol. The highest BCUT2D eigenvalue weighted by molar-refractivity contribution is 7.47. The molecule has 1 amide bonds. The first kappa shape index (κ1) is 55.3. The van der Waals surface area contributed by atoms with Crippen LogP contribution in [0.1, 0.15) is 213 Å².